The van der Waals surface area contributed by atoms with Crippen LogP contribution >= 0.6 is 0 Å². The number of hydrogen-bond acceptors (Lipinski definition) is 6. The zero-order valence-electron chi connectivity index (χ0n) is 19.2. The number of nitriles is 1. The van der Waals surface area contributed by atoms with E-state index in [0.29, 0.717) is 35.0 Å². The van der Waals surface area contributed by atoms with Gasteiger partial charge in [0.1, 0.15) is 11.6 Å². The third-order valence-corrected chi connectivity index (χ3v) is 6.55. The summed E-state index contributed by atoms with van der Waals surface area (Å²) in [5.74, 6) is 0.578. The molecular weight excluding hydrogens is 410 g/mol. The fourth-order valence-corrected chi connectivity index (χ4v) is 4.78. The number of likely N-dealkylation sites (N-methyl/N-ethyl adjacent to an activating group) is 1. The van der Waals surface area contributed by atoms with Gasteiger partial charge in [-0.2, -0.15) is 5.26 Å². The quantitative estimate of drug-likeness (QED) is 0.447. The SMILES string of the molecule is Cc1c(-c2ccccc2)c(N2CC[C@H](N(C)C)C2)c2oc(Cc3ccccn3)nc2c1C#N. The second-order valence-corrected chi connectivity index (χ2v) is 8.84. The molecule has 1 aliphatic heterocycles. The lowest BCUT2D eigenvalue weighted by atomic mass is 9.93. The van der Waals surface area contributed by atoms with Crippen LogP contribution in [0.5, 0.6) is 0 Å². The van der Waals surface area contributed by atoms with E-state index in [-0.39, 0.29) is 0 Å². The van der Waals surface area contributed by atoms with Crippen molar-refractivity contribution in [3.63, 3.8) is 0 Å². The number of rotatable bonds is 5. The Morgan fingerprint density at radius 3 is 2.61 bits per heavy atom. The summed E-state index contributed by atoms with van der Waals surface area (Å²) >= 11 is 0. The summed E-state index contributed by atoms with van der Waals surface area (Å²) in [7, 11) is 4.26. The van der Waals surface area contributed by atoms with Crippen LogP contribution in [-0.4, -0.2) is 48.1 Å². The smallest absolute Gasteiger partial charge is 0.201 e. The number of aromatic nitrogens is 2. The fourth-order valence-electron chi connectivity index (χ4n) is 4.78. The lowest BCUT2D eigenvalue weighted by Gasteiger charge is -2.25. The Labute approximate surface area is 194 Å². The minimum Gasteiger partial charge on any atom is -0.438 e. The van der Waals surface area contributed by atoms with Crippen LogP contribution in [0.3, 0.4) is 0 Å². The van der Waals surface area contributed by atoms with Crippen LogP contribution < -0.4 is 4.90 Å². The molecule has 33 heavy (non-hydrogen) atoms. The molecule has 5 rings (SSSR count). The van der Waals surface area contributed by atoms with Gasteiger partial charge in [-0.15, -0.1) is 0 Å². The molecule has 1 atom stereocenters. The number of nitrogens with zero attached hydrogens (tertiary/aromatic N) is 5. The van der Waals surface area contributed by atoms with Gasteiger partial charge in [-0.1, -0.05) is 36.4 Å². The second-order valence-electron chi connectivity index (χ2n) is 8.84. The van der Waals surface area contributed by atoms with Crippen LogP contribution in [-0.2, 0) is 6.42 Å². The molecule has 4 aromatic rings. The van der Waals surface area contributed by atoms with E-state index in [2.05, 4.69) is 47.1 Å². The summed E-state index contributed by atoms with van der Waals surface area (Å²) < 4.78 is 6.41. The summed E-state index contributed by atoms with van der Waals surface area (Å²) in [6.07, 6.45) is 3.34. The molecule has 166 valence electrons. The molecule has 1 aliphatic rings. The van der Waals surface area contributed by atoms with E-state index in [0.717, 1.165) is 47.6 Å². The van der Waals surface area contributed by atoms with Crippen molar-refractivity contribution in [1.29, 1.82) is 5.26 Å². The van der Waals surface area contributed by atoms with Gasteiger partial charge in [0.2, 0.25) is 5.89 Å². The van der Waals surface area contributed by atoms with Crippen LogP contribution in [0.2, 0.25) is 0 Å². The first-order chi connectivity index (χ1) is 16.1. The molecule has 6 heteroatoms. The Morgan fingerprint density at radius 2 is 1.94 bits per heavy atom. The van der Waals surface area contributed by atoms with Gasteiger partial charge in [0, 0.05) is 36.6 Å². The van der Waals surface area contributed by atoms with E-state index >= 15 is 0 Å². The average molecular weight is 438 g/mol. The predicted octanol–water partition coefficient (Wildman–Crippen LogP) is 4.80. The number of benzene rings is 2. The summed E-state index contributed by atoms with van der Waals surface area (Å²) in [5.41, 5.74) is 6.92. The lowest BCUT2D eigenvalue weighted by Crippen LogP contribution is -2.31. The fraction of sp³-hybridized carbons (Fsp3) is 0.296. The second kappa shape index (κ2) is 8.68. The minimum absolute atomic E-state index is 0.468. The molecule has 0 amide bonds. The average Bonchev–Trinajstić information content (AvgIpc) is 3.47. The molecule has 0 aliphatic carbocycles. The first-order valence-electron chi connectivity index (χ1n) is 11.3. The molecular formula is C27H27N5O. The van der Waals surface area contributed by atoms with Gasteiger partial charge in [0.15, 0.2) is 5.58 Å². The monoisotopic (exact) mass is 437 g/mol. The van der Waals surface area contributed by atoms with Gasteiger partial charge in [0.25, 0.3) is 0 Å². The molecule has 0 unspecified atom stereocenters. The van der Waals surface area contributed by atoms with E-state index < -0.39 is 0 Å². The van der Waals surface area contributed by atoms with Crippen molar-refractivity contribution in [2.45, 2.75) is 25.8 Å². The lowest BCUT2D eigenvalue weighted by molar-refractivity contribution is 0.315. The minimum atomic E-state index is 0.468. The molecule has 6 nitrogen and oxygen atoms in total. The maximum atomic E-state index is 10.1. The molecule has 0 radical (unpaired) electrons. The van der Waals surface area contributed by atoms with Gasteiger partial charge in [-0.05, 0) is 50.7 Å². The van der Waals surface area contributed by atoms with E-state index in [4.69, 9.17) is 9.40 Å². The standard InChI is InChI=1S/C27H27N5O/c1-18-22(16-28)25-27(33-23(30-25)15-20-11-7-8-13-29-20)26(24(18)19-9-5-4-6-10-19)32-14-12-21(17-32)31(2)3/h4-11,13,21H,12,14-15,17H2,1-3H3/t21-/m0/s1. The molecule has 0 spiro atoms. The van der Waals surface area contributed by atoms with Crippen LogP contribution in [0, 0.1) is 18.3 Å². The van der Waals surface area contributed by atoms with Crippen LogP contribution in [0.4, 0.5) is 5.69 Å². The molecule has 1 saturated heterocycles. The van der Waals surface area contributed by atoms with Crippen molar-refractivity contribution < 1.29 is 4.42 Å². The van der Waals surface area contributed by atoms with E-state index in [1.54, 1.807) is 6.20 Å². The summed E-state index contributed by atoms with van der Waals surface area (Å²) in [5, 5.41) is 10.1. The highest BCUT2D eigenvalue weighted by Crippen LogP contribution is 2.44. The molecule has 2 aromatic carbocycles. The highest BCUT2D eigenvalue weighted by molar-refractivity contribution is 6.02. The van der Waals surface area contributed by atoms with E-state index in [1.165, 1.54) is 0 Å². The Hall–Kier alpha value is -3.69. The van der Waals surface area contributed by atoms with Crippen LogP contribution in [0.1, 0.15) is 29.1 Å². The van der Waals surface area contributed by atoms with Crippen LogP contribution in [0.15, 0.2) is 59.1 Å². The van der Waals surface area contributed by atoms with Crippen LogP contribution in [0.25, 0.3) is 22.2 Å². The zero-order chi connectivity index (χ0) is 22.9. The number of hydrogen-bond donors (Lipinski definition) is 0. The Morgan fingerprint density at radius 1 is 1.15 bits per heavy atom. The first-order valence-corrected chi connectivity index (χ1v) is 11.3. The molecule has 0 N–H and O–H groups in total. The van der Waals surface area contributed by atoms with Gasteiger partial charge < -0.3 is 14.2 Å². The molecule has 3 heterocycles. The Bertz CT molecular complexity index is 1320. The molecule has 0 saturated carbocycles. The highest BCUT2D eigenvalue weighted by atomic mass is 16.3. The topological polar surface area (TPSA) is 69.2 Å². The Kier molecular flexibility index (Phi) is 5.57. The molecule has 1 fully saturated rings. The van der Waals surface area contributed by atoms with Gasteiger partial charge >= 0.3 is 0 Å². The van der Waals surface area contributed by atoms with Crippen molar-refractivity contribution in [3.8, 4) is 17.2 Å². The molecule has 0 bridgehead atoms. The maximum absolute atomic E-state index is 10.1. The first kappa shape index (κ1) is 21.2. The maximum Gasteiger partial charge on any atom is 0.201 e. The van der Waals surface area contributed by atoms with Crippen molar-refractivity contribution >= 4 is 16.8 Å². The third-order valence-electron chi connectivity index (χ3n) is 6.55. The van der Waals surface area contributed by atoms with E-state index in [1.807, 2.05) is 43.3 Å². The number of pyridine rings is 1. The van der Waals surface area contributed by atoms with Crippen molar-refractivity contribution in [2.24, 2.45) is 0 Å². The summed E-state index contributed by atoms with van der Waals surface area (Å²) in [4.78, 5) is 13.9. The van der Waals surface area contributed by atoms with E-state index in [9.17, 15) is 5.26 Å². The summed E-state index contributed by atoms with van der Waals surface area (Å²) in [6, 6.07) is 19.0. The zero-order valence-corrected chi connectivity index (χ0v) is 19.2. The Balaban J connectivity index is 1.74. The normalized spacial score (nSPS) is 16.0. The number of anilines is 1. The molecule has 2 aromatic heterocycles. The van der Waals surface area contributed by atoms with Crippen molar-refractivity contribution in [1.82, 2.24) is 14.9 Å². The highest BCUT2D eigenvalue weighted by Gasteiger charge is 2.31. The number of fused-ring (bicyclic) bond motifs is 1. The van der Waals surface area contributed by atoms with Crippen molar-refractivity contribution in [3.05, 3.63) is 77.4 Å². The number of oxazole rings is 1. The third kappa shape index (κ3) is 3.85. The van der Waals surface area contributed by atoms with Gasteiger partial charge in [-0.3, -0.25) is 4.98 Å². The van der Waals surface area contributed by atoms with Gasteiger partial charge in [-0.25, -0.2) is 4.98 Å². The van der Waals surface area contributed by atoms with Crippen molar-refractivity contribution in [2.75, 3.05) is 32.1 Å². The van der Waals surface area contributed by atoms with Gasteiger partial charge in [0.05, 0.1) is 17.7 Å². The predicted molar refractivity (Wildman–Crippen MR) is 130 cm³/mol. The largest absolute Gasteiger partial charge is 0.438 e. The summed E-state index contributed by atoms with van der Waals surface area (Å²) in [6.45, 7) is 3.86.